The van der Waals surface area contributed by atoms with Gasteiger partial charge in [-0.05, 0) is 56.5 Å². The van der Waals surface area contributed by atoms with Crippen molar-refractivity contribution in [3.8, 4) is 5.75 Å². The highest BCUT2D eigenvalue weighted by Crippen LogP contribution is 2.37. The zero-order valence-corrected chi connectivity index (χ0v) is 21.7. The number of aliphatic carboxylic acids is 1. The van der Waals surface area contributed by atoms with Crippen LogP contribution in [0.1, 0.15) is 59.4 Å². The summed E-state index contributed by atoms with van der Waals surface area (Å²) >= 11 is 0. The first kappa shape index (κ1) is 32.5. The molecular formula is C26H42N2O6S. The van der Waals surface area contributed by atoms with Crippen molar-refractivity contribution in [2.45, 2.75) is 65.3 Å². The highest BCUT2D eigenvalue weighted by atomic mass is 32.1. The average molecular weight is 511 g/mol. The Kier molecular flexibility index (Phi) is 13.7. The first-order valence-corrected chi connectivity index (χ1v) is 11.4. The fourth-order valence-electron chi connectivity index (χ4n) is 4.33. The first-order valence-electron chi connectivity index (χ1n) is 11.4. The summed E-state index contributed by atoms with van der Waals surface area (Å²) in [7, 11) is 3.37. The van der Waals surface area contributed by atoms with Gasteiger partial charge in [0.05, 0.1) is 13.2 Å². The molecule has 35 heavy (non-hydrogen) atoms. The number of hydrogen-bond acceptors (Lipinski definition) is 6. The number of methoxy groups -OCH3 is 1. The van der Waals surface area contributed by atoms with Crippen LogP contribution in [0.2, 0.25) is 0 Å². The number of esters is 1. The van der Waals surface area contributed by atoms with Crippen LogP contribution in [0.5, 0.6) is 5.75 Å². The number of rotatable bonds is 9. The standard InChI is InChI=1S/C25H36N2O6.CH4.H2S/c1-6-25(12-7-8-13-27(4)16-25)18-10-9-11-19(14-18)33-21(28)15-20(32-5)23(29)26-22(17(2)3)24(30)31;;/h9-11,14-15,17,22H,6-8,12-13,16H2,1-5H3,(H,26,29)(H,30,31);1H4;1H2/b20-15+;;/t22-,25?;;/m0../s1. The van der Waals surface area contributed by atoms with E-state index in [1.807, 2.05) is 12.1 Å². The second kappa shape index (κ2) is 14.8. The van der Waals surface area contributed by atoms with E-state index in [1.54, 1.807) is 19.9 Å². The van der Waals surface area contributed by atoms with E-state index >= 15 is 0 Å². The van der Waals surface area contributed by atoms with Crippen LogP contribution in [-0.4, -0.2) is 61.1 Å². The molecule has 198 valence electrons. The molecule has 0 radical (unpaired) electrons. The van der Waals surface area contributed by atoms with Crippen LogP contribution in [0.4, 0.5) is 0 Å². The van der Waals surface area contributed by atoms with Gasteiger partial charge in [-0.1, -0.05) is 46.8 Å². The number of ether oxygens (including phenoxy) is 2. The Morgan fingerprint density at radius 3 is 2.51 bits per heavy atom. The molecule has 1 fully saturated rings. The van der Waals surface area contributed by atoms with Crippen molar-refractivity contribution in [3.05, 3.63) is 41.7 Å². The molecule has 1 amide bonds. The molecule has 0 aliphatic carbocycles. The van der Waals surface area contributed by atoms with Crippen LogP contribution in [0.3, 0.4) is 0 Å². The van der Waals surface area contributed by atoms with Crippen LogP contribution in [0, 0.1) is 5.92 Å². The summed E-state index contributed by atoms with van der Waals surface area (Å²) in [5, 5.41) is 11.6. The number of likely N-dealkylation sites (tertiary alicyclic amines) is 1. The number of hydrogen-bond donors (Lipinski definition) is 2. The first-order chi connectivity index (χ1) is 15.6. The summed E-state index contributed by atoms with van der Waals surface area (Å²) in [5.41, 5.74) is 1.11. The Balaban J connectivity index is 0.00000578. The minimum atomic E-state index is -1.16. The minimum absolute atomic E-state index is 0. The second-order valence-corrected chi connectivity index (χ2v) is 9.02. The van der Waals surface area contributed by atoms with Crippen LogP contribution >= 0.6 is 13.5 Å². The van der Waals surface area contributed by atoms with Crippen molar-refractivity contribution >= 4 is 31.3 Å². The van der Waals surface area contributed by atoms with Gasteiger partial charge in [-0.3, -0.25) is 4.79 Å². The highest BCUT2D eigenvalue weighted by Gasteiger charge is 2.33. The maximum Gasteiger partial charge on any atom is 0.340 e. The SMILES string of the molecule is C.CCC1(c2cccc(OC(=O)/C=C(/OC)C(=O)N[C@H](C(=O)O)C(C)C)c2)CCCCN(C)C1.S. The summed E-state index contributed by atoms with van der Waals surface area (Å²) in [4.78, 5) is 38.6. The molecule has 1 aliphatic heterocycles. The molecule has 1 unspecified atom stereocenters. The fraction of sp³-hybridized carbons (Fsp3) is 0.577. The number of benzene rings is 1. The van der Waals surface area contributed by atoms with Gasteiger partial charge in [-0.2, -0.15) is 13.5 Å². The predicted octanol–water partition coefficient (Wildman–Crippen LogP) is 3.86. The molecule has 8 nitrogen and oxygen atoms in total. The molecule has 0 saturated carbocycles. The maximum atomic E-state index is 12.5. The molecule has 1 aromatic carbocycles. The third kappa shape index (κ3) is 8.89. The number of nitrogens with zero attached hydrogens (tertiary/aromatic N) is 1. The summed E-state index contributed by atoms with van der Waals surface area (Å²) in [5.74, 6) is -3.02. The van der Waals surface area contributed by atoms with Crippen molar-refractivity contribution in [2.24, 2.45) is 5.92 Å². The topological polar surface area (TPSA) is 105 Å². The molecule has 1 heterocycles. The van der Waals surface area contributed by atoms with E-state index < -0.39 is 23.9 Å². The van der Waals surface area contributed by atoms with E-state index in [-0.39, 0.29) is 38.0 Å². The number of nitrogens with one attached hydrogen (secondary N) is 1. The van der Waals surface area contributed by atoms with Gasteiger partial charge in [0.15, 0.2) is 5.76 Å². The zero-order chi connectivity index (χ0) is 24.6. The molecular weight excluding hydrogens is 468 g/mol. The summed E-state index contributed by atoms with van der Waals surface area (Å²) < 4.78 is 10.5. The molecule has 2 N–H and O–H groups in total. The van der Waals surface area contributed by atoms with Gasteiger partial charge in [-0.15, -0.1) is 0 Å². The van der Waals surface area contributed by atoms with E-state index in [0.717, 1.165) is 44.0 Å². The Morgan fingerprint density at radius 2 is 1.94 bits per heavy atom. The Bertz CT molecular complexity index is 888. The van der Waals surface area contributed by atoms with Crippen LogP contribution in [-0.2, 0) is 24.5 Å². The number of carboxylic acid groups (broad SMARTS) is 1. The van der Waals surface area contributed by atoms with Gasteiger partial charge in [0.25, 0.3) is 5.91 Å². The van der Waals surface area contributed by atoms with Gasteiger partial charge in [0.1, 0.15) is 11.8 Å². The Morgan fingerprint density at radius 1 is 1.26 bits per heavy atom. The molecule has 0 aromatic heterocycles. The van der Waals surface area contributed by atoms with Crippen LogP contribution in [0.15, 0.2) is 36.1 Å². The van der Waals surface area contributed by atoms with Gasteiger partial charge in [0, 0.05) is 12.0 Å². The maximum absolute atomic E-state index is 12.5. The quantitative estimate of drug-likeness (QED) is 0.225. The van der Waals surface area contributed by atoms with Gasteiger partial charge < -0.3 is 24.8 Å². The van der Waals surface area contributed by atoms with Crippen molar-refractivity contribution in [1.82, 2.24) is 10.2 Å². The highest BCUT2D eigenvalue weighted by molar-refractivity contribution is 7.59. The monoisotopic (exact) mass is 510 g/mol. The molecule has 0 bridgehead atoms. The zero-order valence-electron chi connectivity index (χ0n) is 20.7. The van der Waals surface area contributed by atoms with E-state index in [4.69, 9.17) is 9.47 Å². The third-order valence-corrected chi connectivity index (χ3v) is 6.27. The van der Waals surface area contributed by atoms with Crippen molar-refractivity contribution < 1.29 is 29.0 Å². The van der Waals surface area contributed by atoms with E-state index in [0.29, 0.717) is 5.75 Å². The largest absolute Gasteiger partial charge is 0.491 e. The molecule has 1 aliphatic rings. The Hall–Kier alpha value is -2.52. The van der Waals surface area contributed by atoms with Crippen molar-refractivity contribution in [3.63, 3.8) is 0 Å². The van der Waals surface area contributed by atoms with Gasteiger partial charge in [-0.25, -0.2) is 9.59 Å². The number of carboxylic acids is 1. The van der Waals surface area contributed by atoms with E-state index in [2.05, 4.69) is 30.3 Å². The molecule has 0 spiro atoms. The number of likely N-dealkylation sites (N-methyl/N-ethyl adjacent to an activating group) is 1. The summed E-state index contributed by atoms with van der Waals surface area (Å²) in [6.07, 6.45) is 5.28. The van der Waals surface area contributed by atoms with Gasteiger partial charge >= 0.3 is 11.9 Å². The summed E-state index contributed by atoms with van der Waals surface area (Å²) in [6.45, 7) is 7.54. The lowest BCUT2D eigenvalue weighted by molar-refractivity contribution is -0.142. The average Bonchev–Trinajstić information content (AvgIpc) is 2.97. The minimum Gasteiger partial charge on any atom is -0.491 e. The summed E-state index contributed by atoms with van der Waals surface area (Å²) in [6, 6.07) is 6.42. The fourth-order valence-corrected chi connectivity index (χ4v) is 4.33. The molecule has 2 atom stereocenters. The molecule has 2 rings (SSSR count). The number of carbonyl (C=O) groups excluding carboxylic acids is 2. The molecule has 9 heteroatoms. The Labute approximate surface area is 216 Å². The number of carbonyl (C=O) groups is 3. The number of amides is 1. The van der Waals surface area contributed by atoms with E-state index in [1.165, 1.54) is 13.5 Å². The van der Waals surface area contributed by atoms with Crippen molar-refractivity contribution in [1.29, 1.82) is 0 Å². The second-order valence-electron chi connectivity index (χ2n) is 9.02. The normalized spacial score (nSPS) is 19.4. The predicted molar refractivity (Wildman–Crippen MR) is 142 cm³/mol. The lowest BCUT2D eigenvalue weighted by Gasteiger charge is -2.35. The van der Waals surface area contributed by atoms with Crippen molar-refractivity contribution in [2.75, 3.05) is 27.2 Å². The lowest BCUT2D eigenvalue weighted by atomic mass is 9.74. The molecule has 1 saturated heterocycles. The van der Waals surface area contributed by atoms with Crippen LogP contribution in [0.25, 0.3) is 0 Å². The smallest absolute Gasteiger partial charge is 0.340 e. The third-order valence-electron chi connectivity index (χ3n) is 6.27. The van der Waals surface area contributed by atoms with Gasteiger partial charge in [0.2, 0.25) is 0 Å². The molecule has 1 aromatic rings. The van der Waals surface area contributed by atoms with Crippen LogP contribution < -0.4 is 10.1 Å². The van der Waals surface area contributed by atoms with E-state index in [9.17, 15) is 19.5 Å². The lowest BCUT2D eigenvalue weighted by Crippen LogP contribution is -2.45.